The van der Waals surface area contributed by atoms with Gasteiger partial charge < -0.3 is 25.8 Å². The summed E-state index contributed by atoms with van der Waals surface area (Å²) < 4.78 is 9.94. The number of hydrogen-bond donors (Lipinski definition) is 2. The van der Waals surface area contributed by atoms with Crippen molar-refractivity contribution in [2.45, 2.75) is 6.04 Å². The smallest absolute Gasteiger partial charge is 0.340 e. The Morgan fingerprint density at radius 3 is 2.85 bits per heavy atom. The van der Waals surface area contributed by atoms with Gasteiger partial charge in [0, 0.05) is 6.54 Å². The largest absolute Gasteiger partial charge is 0.465 e. The third-order valence-electron chi connectivity index (χ3n) is 3.25. The van der Waals surface area contributed by atoms with Crippen LogP contribution in [0, 0.1) is 0 Å². The van der Waals surface area contributed by atoms with Gasteiger partial charge in [-0.3, -0.25) is 4.79 Å². The van der Waals surface area contributed by atoms with E-state index in [2.05, 4.69) is 4.74 Å². The molecule has 1 amide bonds. The number of anilines is 2. The Labute approximate surface area is 116 Å². The number of hydrogen-bond acceptors (Lipinski definition) is 6. The molecule has 1 saturated heterocycles. The highest BCUT2D eigenvalue weighted by Crippen LogP contribution is 2.29. The maximum absolute atomic E-state index is 11.6. The minimum atomic E-state index is -0.598. The van der Waals surface area contributed by atoms with Gasteiger partial charge in [0.15, 0.2) is 0 Å². The number of carbonyl (C=O) groups excluding carboxylic acids is 2. The van der Waals surface area contributed by atoms with E-state index in [1.807, 2.05) is 0 Å². The first-order chi connectivity index (χ1) is 9.56. The standard InChI is InChI=1S/C13H17N3O4/c1-19-13(18)8-3-2-4-9(11(8)14)16-5-6-20-7-10(16)12(15)17/h2-4,10H,5-7,14H2,1H3,(H2,15,17). The summed E-state index contributed by atoms with van der Waals surface area (Å²) in [6, 6.07) is 4.40. The van der Waals surface area contributed by atoms with Crippen LogP contribution in [-0.4, -0.2) is 44.8 Å². The van der Waals surface area contributed by atoms with Gasteiger partial charge in [0.2, 0.25) is 5.91 Å². The van der Waals surface area contributed by atoms with E-state index in [1.54, 1.807) is 23.1 Å². The van der Waals surface area contributed by atoms with E-state index < -0.39 is 17.9 Å². The number of amides is 1. The number of para-hydroxylation sites is 1. The molecule has 1 aromatic rings. The van der Waals surface area contributed by atoms with Crippen LogP contribution in [-0.2, 0) is 14.3 Å². The number of nitrogen functional groups attached to an aromatic ring is 1. The molecule has 0 spiro atoms. The number of nitrogens with two attached hydrogens (primary N) is 2. The van der Waals surface area contributed by atoms with Crippen molar-refractivity contribution in [1.82, 2.24) is 0 Å². The number of ether oxygens (including phenoxy) is 2. The van der Waals surface area contributed by atoms with Crippen molar-refractivity contribution in [3.63, 3.8) is 0 Å². The molecule has 0 radical (unpaired) electrons. The van der Waals surface area contributed by atoms with Crippen LogP contribution < -0.4 is 16.4 Å². The molecule has 20 heavy (non-hydrogen) atoms. The van der Waals surface area contributed by atoms with Crippen LogP contribution in [0.5, 0.6) is 0 Å². The van der Waals surface area contributed by atoms with Crippen molar-refractivity contribution < 1.29 is 19.1 Å². The Morgan fingerprint density at radius 1 is 1.45 bits per heavy atom. The minimum absolute atomic E-state index is 0.206. The van der Waals surface area contributed by atoms with Crippen LogP contribution in [0.1, 0.15) is 10.4 Å². The number of methoxy groups -OCH3 is 1. The second-order valence-corrected chi connectivity index (χ2v) is 4.42. The monoisotopic (exact) mass is 279 g/mol. The Kier molecular flexibility index (Phi) is 4.09. The summed E-state index contributed by atoms with van der Waals surface area (Å²) >= 11 is 0. The first-order valence-corrected chi connectivity index (χ1v) is 6.16. The molecular formula is C13H17N3O4. The molecular weight excluding hydrogens is 262 g/mol. The number of primary amides is 1. The number of esters is 1. The second-order valence-electron chi connectivity index (χ2n) is 4.42. The lowest BCUT2D eigenvalue weighted by molar-refractivity contribution is -0.121. The fourth-order valence-corrected chi connectivity index (χ4v) is 2.22. The Morgan fingerprint density at radius 2 is 2.20 bits per heavy atom. The van der Waals surface area contributed by atoms with Gasteiger partial charge >= 0.3 is 5.97 Å². The number of rotatable bonds is 3. The van der Waals surface area contributed by atoms with E-state index in [0.29, 0.717) is 18.8 Å². The summed E-state index contributed by atoms with van der Waals surface area (Å²) in [7, 11) is 1.29. The van der Waals surface area contributed by atoms with Gasteiger partial charge in [-0.2, -0.15) is 0 Å². The molecule has 7 heteroatoms. The molecule has 1 fully saturated rings. The van der Waals surface area contributed by atoms with E-state index in [9.17, 15) is 9.59 Å². The quantitative estimate of drug-likeness (QED) is 0.583. The topological polar surface area (TPSA) is 108 Å². The molecule has 4 N–H and O–H groups in total. The lowest BCUT2D eigenvalue weighted by atomic mass is 10.1. The SMILES string of the molecule is COC(=O)c1cccc(N2CCOCC2C(N)=O)c1N. The van der Waals surface area contributed by atoms with E-state index in [4.69, 9.17) is 16.2 Å². The molecule has 108 valence electrons. The van der Waals surface area contributed by atoms with Gasteiger partial charge in [-0.05, 0) is 12.1 Å². The predicted octanol–water partition coefficient (Wildman–Crippen LogP) is -0.254. The minimum Gasteiger partial charge on any atom is -0.465 e. The van der Waals surface area contributed by atoms with Crippen LogP contribution in [0.4, 0.5) is 11.4 Å². The number of nitrogens with zero attached hydrogens (tertiary/aromatic N) is 1. The molecule has 1 aromatic carbocycles. The lowest BCUT2D eigenvalue weighted by Crippen LogP contribution is -2.52. The molecule has 0 bridgehead atoms. The molecule has 1 unspecified atom stereocenters. The van der Waals surface area contributed by atoms with Gasteiger partial charge in [-0.25, -0.2) is 4.79 Å². The summed E-state index contributed by atoms with van der Waals surface area (Å²) in [5.41, 5.74) is 12.5. The highest BCUT2D eigenvalue weighted by molar-refractivity contribution is 5.99. The number of benzene rings is 1. The molecule has 7 nitrogen and oxygen atoms in total. The van der Waals surface area contributed by atoms with E-state index >= 15 is 0 Å². The van der Waals surface area contributed by atoms with Crippen LogP contribution >= 0.6 is 0 Å². The Balaban J connectivity index is 2.40. The predicted molar refractivity (Wildman–Crippen MR) is 73.3 cm³/mol. The van der Waals surface area contributed by atoms with Crippen molar-refractivity contribution in [3.05, 3.63) is 23.8 Å². The fraction of sp³-hybridized carbons (Fsp3) is 0.385. The van der Waals surface area contributed by atoms with Gasteiger partial charge in [-0.15, -0.1) is 0 Å². The number of morpholine rings is 1. The normalized spacial score (nSPS) is 18.6. The highest BCUT2D eigenvalue weighted by atomic mass is 16.5. The summed E-state index contributed by atoms with van der Waals surface area (Å²) in [5, 5.41) is 0. The summed E-state index contributed by atoms with van der Waals surface area (Å²) in [4.78, 5) is 24.9. The van der Waals surface area contributed by atoms with Crippen molar-refractivity contribution in [2.24, 2.45) is 5.73 Å². The first-order valence-electron chi connectivity index (χ1n) is 6.16. The molecule has 0 aliphatic carbocycles. The second kappa shape index (κ2) is 5.79. The maximum Gasteiger partial charge on any atom is 0.340 e. The first kappa shape index (κ1) is 14.1. The highest BCUT2D eigenvalue weighted by Gasteiger charge is 2.30. The maximum atomic E-state index is 11.6. The Bertz CT molecular complexity index is 532. The van der Waals surface area contributed by atoms with Crippen LogP contribution in [0.25, 0.3) is 0 Å². The lowest BCUT2D eigenvalue weighted by Gasteiger charge is -2.36. The molecule has 1 heterocycles. The average molecular weight is 279 g/mol. The average Bonchev–Trinajstić information content (AvgIpc) is 2.46. The molecule has 1 aliphatic rings. The van der Waals surface area contributed by atoms with Gasteiger partial charge in [-0.1, -0.05) is 6.07 Å². The molecule has 1 atom stereocenters. The van der Waals surface area contributed by atoms with Crippen LogP contribution in [0.2, 0.25) is 0 Å². The van der Waals surface area contributed by atoms with Crippen LogP contribution in [0.3, 0.4) is 0 Å². The summed E-state index contributed by atoms with van der Waals surface area (Å²) in [6.45, 7) is 1.14. The van der Waals surface area contributed by atoms with Crippen molar-refractivity contribution in [1.29, 1.82) is 0 Å². The summed E-state index contributed by atoms with van der Waals surface area (Å²) in [5.74, 6) is -1.01. The van der Waals surface area contributed by atoms with E-state index in [0.717, 1.165) is 0 Å². The third-order valence-corrected chi connectivity index (χ3v) is 3.25. The van der Waals surface area contributed by atoms with Crippen molar-refractivity contribution in [2.75, 3.05) is 37.5 Å². The van der Waals surface area contributed by atoms with Gasteiger partial charge in [0.1, 0.15) is 6.04 Å². The molecule has 1 aliphatic heterocycles. The molecule has 0 saturated carbocycles. The van der Waals surface area contributed by atoms with Gasteiger partial charge in [0.05, 0.1) is 37.3 Å². The molecule has 0 aromatic heterocycles. The third kappa shape index (κ3) is 2.53. The summed E-state index contributed by atoms with van der Waals surface area (Å²) in [6.07, 6.45) is 0. The van der Waals surface area contributed by atoms with Crippen LogP contribution in [0.15, 0.2) is 18.2 Å². The van der Waals surface area contributed by atoms with Gasteiger partial charge in [0.25, 0.3) is 0 Å². The van der Waals surface area contributed by atoms with E-state index in [1.165, 1.54) is 7.11 Å². The zero-order chi connectivity index (χ0) is 14.7. The van der Waals surface area contributed by atoms with Crippen molar-refractivity contribution in [3.8, 4) is 0 Å². The Hall–Kier alpha value is -2.28. The zero-order valence-corrected chi connectivity index (χ0v) is 11.2. The van der Waals surface area contributed by atoms with E-state index in [-0.39, 0.29) is 17.9 Å². The van der Waals surface area contributed by atoms with Crippen molar-refractivity contribution >= 4 is 23.3 Å². The fourth-order valence-electron chi connectivity index (χ4n) is 2.22. The number of carbonyl (C=O) groups is 2. The molecule has 2 rings (SSSR count). The zero-order valence-electron chi connectivity index (χ0n) is 11.2.